The summed E-state index contributed by atoms with van der Waals surface area (Å²) in [6.45, 7) is 2.65. The highest BCUT2D eigenvalue weighted by Crippen LogP contribution is 2.52. The van der Waals surface area contributed by atoms with E-state index in [1.807, 2.05) is 13.1 Å². The quantitative estimate of drug-likeness (QED) is 0.445. The largest absolute Gasteiger partial charge is 0.493 e. The fraction of sp³-hybridized carbons (Fsp3) is 0.500. The number of allylic oxidation sites excluding steroid dienone is 3. The maximum absolute atomic E-state index is 12.2. The number of nitrogens with zero attached hydrogens (tertiary/aromatic N) is 2. The number of methoxy groups -OCH3 is 2. The van der Waals surface area contributed by atoms with Crippen LogP contribution in [0.4, 0.5) is 0 Å². The molecular weight excluding hydrogens is 308 g/mol. The molecule has 2 unspecified atom stereocenters. The average Bonchev–Trinajstić information content (AvgIpc) is 3.06. The van der Waals surface area contributed by atoms with Crippen molar-refractivity contribution in [2.45, 2.75) is 25.9 Å². The van der Waals surface area contributed by atoms with Crippen LogP contribution in [0, 0.1) is 5.41 Å². The summed E-state index contributed by atoms with van der Waals surface area (Å²) < 4.78 is 9.91. The van der Waals surface area contributed by atoms with Gasteiger partial charge in [0.1, 0.15) is 6.17 Å². The number of likely N-dealkylation sites (tertiary alicyclic amines) is 1. The maximum Gasteiger partial charge on any atom is 0.333 e. The zero-order valence-electron chi connectivity index (χ0n) is 14.5. The number of hydrogen-bond acceptors (Lipinski definition) is 6. The monoisotopic (exact) mass is 330 g/mol. The molecule has 128 valence electrons. The lowest BCUT2D eigenvalue weighted by Crippen LogP contribution is -2.34. The minimum atomic E-state index is -0.330. The van der Waals surface area contributed by atoms with Crippen LogP contribution < -0.4 is 0 Å². The Bertz CT molecular complexity index is 717. The van der Waals surface area contributed by atoms with Gasteiger partial charge < -0.3 is 9.47 Å². The lowest BCUT2D eigenvalue weighted by Gasteiger charge is -2.31. The normalized spacial score (nSPS) is 29.5. The minimum Gasteiger partial charge on any atom is -0.493 e. The third-order valence-corrected chi connectivity index (χ3v) is 5.18. The summed E-state index contributed by atoms with van der Waals surface area (Å²) in [5.74, 6) is -0.144. The molecule has 24 heavy (non-hydrogen) atoms. The van der Waals surface area contributed by atoms with Gasteiger partial charge in [0.15, 0.2) is 5.76 Å². The predicted octanol–water partition coefficient (Wildman–Crippen LogP) is 1.64. The Balaban J connectivity index is 1.98. The van der Waals surface area contributed by atoms with Gasteiger partial charge in [0.25, 0.3) is 0 Å². The van der Waals surface area contributed by atoms with Crippen LogP contribution in [0.25, 0.3) is 0 Å². The van der Waals surface area contributed by atoms with Crippen molar-refractivity contribution in [1.82, 2.24) is 4.90 Å². The molecule has 0 aromatic rings. The molecule has 2 atom stereocenters. The first-order chi connectivity index (χ1) is 11.4. The molecule has 0 saturated carbocycles. The third kappa shape index (κ3) is 2.41. The SMILES string of the molecule is COC(=O)C(C)=CCC12CCN(C)C1N=C1C=C(OC)C(=O)C=C12. The van der Waals surface area contributed by atoms with Crippen LogP contribution in [-0.2, 0) is 19.1 Å². The van der Waals surface area contributed by atoms with E-state index in [9.17, 15) is 9.59 Å². The third-order valence-electron chi connectivity index (χ3n) is 5.18. The second-order valence-electron chi connectivity index (χ2n) is 6.49. The number of carbonyl (C=O) groups is 2. The van der Waals surface area contributed by atoms with Crippen LogP contribution >= 0.6 is 0 Å². The topological polar surface area (TPSA) is 68.2 Å². The Labute approximate surface area is 141 Å². The Morgan fingerprint density at radius 3 is 2.88 bits per heavy atom. The second kappa shape index (κ2) is 6.02. The summed E-state index contributed by atoms with van der Waals surface area (Å²) in [5, 5.41) is 0. The van der Waals surface area contributed by atoms with Crippen molar-refractivity contribution < 1.29 is 19.1 Å². The van der Waals surface area contributed by atoms with Crippen molar-refractivity contribution in [2.75, 3.05) is 27.8 Å². The summed E-state index contributed by atoms with van der Waals surface area (Å²) in [6.07, 6.45) is 6.78. The van der Waals surface area contributed by atoms with Crippen molar-refractivity contribution in [3.05, 3.63) is 35.1 Å². The average molecular weight is 330 g/mol. The van der Waals surface area contributed by atoms with Crippen LogP contribution in [0.5, 0.6) is 0 Å². The molecule has 0 amide bonds. The van der Waals surface area contributed by atoms with Gasteiger partial charge in [-0.15, -0.1) is 0 Å². The molecule has 0 aromatic carbocycles. The lowest BCUT2D eigenvalue weighted by molar-refractivity contribution is -0.136. The molecule has 0 spiro atoms. The van der Waals surface area contributed by atoms with Crippen LogP contribution in [0.3, 0.4) is 0 Å². The van der Waals surface area contributed by atoms with E-state index in [0.29, 0.717) is 17.8 Å². The van der Waals surface area contributed by atoms with Crippen molar-refractivity contribution in [3.8, 4) is 0 Å². The van der Waals surface area contributed by atoms with Gasteiger partial charge in [-0.1, -0.05) is 6.08 Å². The smallest absolute Gasteiger partial charge is 0.333 e. The number of carbonyl (C=O) groups excluding carboxylic acids is 2. The number of aliphatic imine (C=N–C) groups is 1. The van der Waals surface area contributed by atoms with E-state index < -0.39 is 0 Å². The molecule has 6 nitrogen and oxygen atoms in total. The highest BCUT2D eigenvalue weighted by atomic mass is 16.5. The summed E-state index contributed by atoms with van der Waals surface area (Å²) in [7, 11) is 4.90. The molecule has 1 fully saturated rings. The Morgan fingerprint density at radius 1 is 1.46 bits per heavy atom. The van der Waals surface area contributed by atoms with Gasteiger partial charge in [0.05, 0.1) is 19.9 Å². The van der Waals surface area contributed by atoms with E-state index >= 15 is 0 Å². The molecule has 0 aromatic heterocycles. The zero-order chi connectivity index (χ0) is 17.5. The Morgan fingerprint density at radius 2 is 2.21 bits per heavy atom. The number of rotatable bonds is 4. The van der Waals surface area contributed by atoms with Gasteiger partial charge in [-0.2, -0.15) is 0 Å². The maximum atomic E-state index is 12.2. The molecule has 2 aliphatic heterocycles. The standard InChI is InChI=1S/C18H22N2O4/c1-11(16(22)24-4)5-6-18-7-8-20(2)17(18)19-13-10-15(23-3)14(21)9-12(13)18/h5,9-10,17H,6-8H2,1-4H3. The first-order valence-corrected chi connectivity index (χ1v) is 7.98. The summed E-state index contributed by atoms with van der Waals surface area (Å²) >= 11 is 0. The minimum absolute atomic E-state index is 0.0271. The van der Waals surface area contributed by atoms with E-state index in [1.54, 1.807) is 19.1 Å². The van der Waals surface area contributed by atoms with Gasteiger partial charge in [-0.05, 0) is 38.5 Å². The fourth-order valence-corrected chi connectivity index (χ4v) is 3.79. The Kier molecular flexibility index (Phi) is 4.17. The van der Waals surface area contributed by atoms with E-state index in [2.05, 4.69) is 4.90 Å². The van der Waals surface area contributed by atoms with Gasteiger partial charge in [0.2, 0.25) is 5.78 Å². The number of fused-ring (bicyclic) bond motifs is 3. The molecule has 6 heteroatoms. The van der Waals surface area contributed by atoms with Crippen LogP contribution in [0.15, 0.2) is 40.1 Å². The first kappa shape index (κ1) is 16.6. The summed E-state index contributed by atoms with van der Waals surface area (Å²) in [4.78, 5) is 30.9. The van der Waals surface area contributed by atoms with Crippen LogP contribution in [0.2, 0.25) is 0 Å². The highest BCUT2D eigenvalue weighted by molar-refractivity contribution is 6.23. The zero-order valence-corrected chi connectivity index (χ0v) is 14.5. The van der Waals surface area contributed by atoms with Gasteiger partial charge in [-0.25, -0.2) is 4.79 Å². The van der Waals surface area contributed by atoms with Crippen LogP contribution in [-0.4, -0.2) is 56.3 Å². The summed E-state index contributed by atoms with van der Waals surface area (Å²) in [6, 6.07) is 0. The Hall–Kier alpha value is -2.21. The van der Waals surface area contributed by atoms with Crippen molar-refractivity contribution in [1.29, 1.82) is 0 Å². The fourth-order valence-electron chi connectivity index (χ4n) is 3.79. The number of hydrogen-bond donors (Lipinski definition) is 0. The molecule has 0 bridgehead atoms. The number of ketones is 1. The molecule has 1 saturated heterocycles. The summed E-state index contributed by atoms with van der Waals surface area (Å²) in [5.41, 5.74) is 2.07. The number of ether oxygens (including phenoxy) is 2. The van der Waals surface area contributed by atoms with E-state index in [-0.39, 0.29) is 23.3 Å². The van der Waals surface area contributed by atoms with Crippen molar-refractivity contribution >= 4 is 17.5 Å². The van der Waals surface area contributed by atoms with Crippen molar-refractivity contribution in [3.63, 3.8) is 0 Å². The molecule has 1 aliphatic carbocycles. The molecule has 2 heterocycles. The van der Waals surface area contributed by atoms with Crippen LogP contribution in [0.1, 0.15) is 19.8 Å². The molecule has 3 aliphatic rings. The molecule has 3 rings (SSSR count). The lowest BCUT2D eigenvalue weighted by atomic mass is 9.72. The number of esters is 1. The second-order valence-corrected chi connectivity index (χ2v) is 6.49. The van der Waals surface area contributed by atoms with Gasteiger partial charge in [0, 0.05) is 23.6 Å². The van der Waals surface area contributed by atoms with Crippen molar-refractivity contribution in [2.24, 2.45) is 10.4 Å². The first-order valence-electron chi connectivity index (χ1n) is 7.98. The molecular formula is C18H22N2O4. The van der Waals surface area contributed by atoms with E-state index in [4.69, 9.17) is 14.5 Å². The van der Waals surface area contributed by atoms with E-state index in [0.717, 1.165) is 24.3 Å². The van der Waals surface area contributed by atoms with E-state index in [1.165, 1.54) is 14.2 Å². The highest BCUT2D eigenvalue weighted by Gasteiger charge is 2.54. The molecule has 0 radical (unpaired) electrons. The predicted molar refractivity (Wildman–Crippen MR) is 89.5 cm³/mol. The van der Waals surface area contributed by atoms with Gasteiger partial charge >= 0.3 is 5.97 Å². The van der Waals surface area contributed by atoms with Gasteiger partial charge in [-0.3, -0.25) is 14.7 Å². The molecule has 0 N–H and O–H groups in total.